The Balaban J connectivity index is 1.32. The number of hydrogen-bond donors (Lipinski definition) is 1. The summed E-state index contributed by atoms with van der Waals surface area (Å²) in [5.74, 6) is 0.997. The molecular formula is C22H22N4O. The fourth-order valence-electron chi connectivity index (χ4n) is 3.33. The molecule has 0 radical (unpaired) electrons. The molecular weight excluding hydrogens is 336 g/mol. The first-order valence-corrected chi connectivity index (χ1v) is 9.11. The summed E-state index contributed by atoms with van der Waals surface area (Å²) in [5, 5.41) is 3.01. The van der Waals surface area contributed by atoms with Gasteiger partial charge in [-0.3, -0.25) is 4.79 Å². The van der Waals surface area contributed by atoms with Crippen LogP contribution in [0.25, 0.3) is 16.7 Å². The molecule has 0 saturated carbocycles. The molecule has 0 aliphatic rings. The van der Waals surface area contributed by atoms with Crippen molar-refractivity contribution in [3.8, 4) is 5.69 Å². The van der Waals surface area contributed by atoms with Crippen LogP contribution in [0.4, 0.5) is 0 Å². The first-order chi connectivity index (χ1) is 13.2. The minimum Gasteiger partial charge on any atom is -0.354 e. The molecule has 2 aromatic carbocycles. The first kappa shape index (κ1) is 17.1. The van der Waals surface area contributed by atoms with Crippen molar-refractivity contribution >= 4 is 16.9 Å². The topological polar surface area (TPSA) is 51.9 Å². The van der Waals surface area contributed by atoms with Gasteiger partial charge in [0.15, 0.2) is 0 Å². The van der Waals surface area contributed by atoms with E-state index in [2.05, 4.69) is 20.9 Å². The van der Waals surface area contributed by atoms with Crippen molar-refractivity contribution in [1.82, 2.24) is 19.4 Å². The van der Waals surface area contributed by atoms with E-state index in [1.54, 1.807) is 0 Å². The van der Waals surface area contributed by atoms with Crippen molar-refractivity contribution in [2.24, 2.45) is 0 Å². The quantitative estimate of drug-likeness (QED) is 0.574. The normalized spacial score (nSPS) is 11.0. The molecule has 1 N–H and O–H groups in total. The van der Waals surface area contributed by atoms with Crippen LogP contribution in [0.2, 0.25) is 0 Å². The second-order valence-corrected chi connectivity index (χ2v) is 6.58. The Bertz CT molecular complexity index is 1050. The van der Waals surface area contributed by atoms with Gasteiger partial charge in [0.1, 0.15) is 5.82 Å². The third-order valence-corrected chi connectivity index (χ3v) is 4.71. The Hall–Kier alpha value is -3.34. The number of aryl methyl sites for hydroxylation is 1. The van der Waals surface area contributed by atoms with Gasteiger partial charge in [0.05, 0.1) is 17.5 Å². The molecule has 2 aromatic heterocycles. The highest BCUT2D eigenvalue weighted by atomic mass is 16.1. The summed E-state index contributed by atoms with van der Waals surface area (Å²) in [4.78, 5) is 16.8. The number of amides is 1. The summed E-state index contributed by atoms with van der Waals surface area (Å²) in [7, 11) is 0. The van der Waals surface area contributed by atoms with Crippen LogP contribution in [-0.4, -0.2) is 26.6 Å². The summed E-state index contributed by atoms with van der Waals surface area (Å²) in [6.45, 7) is 3.29. The predicted molar refractivity (Wildman–Crippen MR) is 107 cm³/mol. The second kappa shape index (κ2) is 7.50. The van der Waals surface area contributed by atoms with Gasteiger partial charge in [-0.15, -0.1) is 0 Å². The highest BCUT2D eigenvalue weighted by Crippen LogP contribution is 2.15. The van der Waals surface area contributed by atoms with E-state index in [0.29, 0.717) is 19.5 Å². The molecule has 0 atom stereocenters. The smallest absolute Gasteiger partial charge is 0.224 e. The summed E-state index contributed by atoms with van der Waals surface area (Å²) in [6, 6.07) is 20.1. The molecule has 4 rings (SSSR count). The van der Waals surface area contributed by atoms with Crippen LogP contribution in [0.1, 0.15) is 11.4 Å². The van der Waals surface area contributed by atoms with E-state index in [0.717, 1.165) is 28.1 Å². The monoisotopic (exact) mass is 358 g/mol. The molecule has 0 fully saturated rings. The minimum atomic E-state index is 0.0331. The largest absolute Gasteiger partial charge is 0.354 e. The lowest BCUT2D eigenvalue weighted by Crippen LogP contribution is -2.28. The van der Waals surface area contributed by atoms with E-state index in [1.807, 2.05) is 78.5 Å². The van der Waals surface area contributed by atoms with E-state index >= 15 is 0 Å². The molecule has 0 unspecified atom stereocenters. The molecule has 27 heavy (non-hydrogen) atoms. The van der Waals surface area contributed by atoms with Crippen molar-refractivity contribution in [3.63, 3.8) is 0 Å². The number of rotatable bonds is 6. The zero-order valence-corrected chi connectivity index (χ0v) is 15.3. The maximum atomic E-state index is 12.3. The van der Waals surface area contributed by atoms with Gasteiger partial charge in [-0.1, -0.05) is 24.3 Å². The average Bonchev–Trinajstić information content (AvgIpc) is 3.31. The van der Waals surface area contributed by atoms with Crippen molar-refractivity contribution in [3.05, 3.63) is 84.4 Å². The first-order valence-electron chi connectivity index (χ1n) is 9.11. The third-order valence-electron chi connectivity index (χ3n) is 4.71. The van der Waals surface area contributed by atoms with Crippen LogP contribution in [0.15, 0.2) is 73.1 Å². The second-order valence-electron chi connectivity index (χ2n) is 6.58. The van der Waals surface area contributed by atoms with Crippen molar-refractivity contribution in [2.45, 2.75) is 19.9 Å². The van der Waals surface area contributed by atoms with E-state index in [1.165, 1.54) is 0 Å². The molecule has 5 nitrogen and oxygen atoms in total. The molecule has 1 amide bonds. The molecule has 0 aliphatic heterocycles. The number of hydrogen-bond acceptors (Lipinski definition) is 2. The van der Waals surface area contributed by atoms with Crippen LogP contribution in [0.3, 0.4) is 0 Å². The Morgan fingerprint density at radius 2 is 1.74 bits per heavy atom. The highest BCUT2D eigenvalue weighted by molar-refractivity contribution is 5.78. The van der Waals surface area contributed by atoms with Gasteiger partial charge in [0.25, 0.3) is 0 Å². The fourth-order valence-corrected chi connectivity index (χ4v) is 3.33. The third kappa shape index (κ3) is 3.77. The molecule has 5 heteroatoms. The predicted octanol–water partition coefficient (Wildman–Crippen LogP) is 3.49. The van der Waals surface area contributed by atoms with E-state index in [-0.39, 0.29) is 5.91 Å². The van der Waals surface area contributed by atoms with Crippen LogP contribution in [-0.2, 0) is 17.8 Å². The maximum absolute atomic E-state index is 12.3. The number of carbonyl (C=O) groups is 1. The fraction of sp³-hybridized carbons (Fsp3) is 0.182. The van der Waals surface area contributed by atoms with Crippen LogP contribution in [0.5, 0.6) is 0 Å². The van der Waals surface area contributed by atoms with Gasteiger partial charge < -0.3 is 14.5 Å². The molecule has 0 saturated heterocycles. The van der Waals surface area contributed by atoms with Gasteiger partial charge in [0, 0.05) is 31.2 Å². The number of carbonyl (C=O) groups excluding carboxylic acids is 1. The van der Waals surface area contributed by atoms with Crippen LogP contribution < -0.4 is 5.32 Å². The Morgan fingerprint density at radius 3 is 2.52 bits per heavy atom. The highest BCUT2D eigenvalue weighted by Gasteiger charge is 2.08. The number of nitrogens with zero attached hydrogens (tertiary/aromatic N) is 3. The van der Waals surface area contributed by atoms with Gasteiger partial charge in [-0.05, 0) is 48.9 Å². The summed E-state index contributed by atoms with van der Waals surface area (Å²) in [6.07, 6.45) is 4.39. The number of para-hydroxylation sites is 2. The summed E-state index contributed by atoms with van der Waals surface area (Å²) < 4.78 is 4.18. The molecule has 0 aliphatic carbocycles. The van der Waals surface area contributed by atoms with E-state index < -0.39 is 0 Å². The Morgan fingerprint density at radius 1 is 1.00 bits per heavy atom. The lowest BCUT2D eigenvalue weighted by atomic mass is 10.1. The summed E-state index contributed by atoms with van der Waals surface area (Å²) >= 11 is 0. The van der Waals surface area contributed by atoms with Crippen molar-refractivity contribution in [2.75, 3.05) is 6.54 Å². The SMILES string of the molecule is Cc1nc2ccccc2n1CCNC(=O)Cc1ccc(-n2cccc2)cc1. The van der Waals surface area contributed by atoms with Gasteiger partial charge in [-0.25, -0.2) is 4.98 Å². The number of nitrogens with one attached hydrogen (secondary N) is 1. The zero-order chi connectivity index (χ0) is 18.6. The molecule has 0 spiro atoms. The lowest BCUT2D eigenvalue weighted by molar-refractivity contribution is -0.120. The van der Waals surface area contributed by atoms with E-state index in [9.17, 15) is 4.79 Å². The Labute approximate surface area is 158 Å². The number of imidazole rings is 1. The van der Waals surface area contributed by atoms with Crippen molar-refractivity contribution in [1.29, 1.82) is 0 Å². The lowest BCUT2D eigenvalue weighted by Gasteiger charge is -2.09. The van der Waals surface area contributed by atoms with E-state index in [4.69, 9.17) is 0 Å². The minimum absolute atomic E-state index is 0.0331. The number of fused-ring (bicyclic) bond motifs is 1. The average molecular weight is 358 g/mol. The van der Waals surface area contributed by atoms with Crippen LogP contribution in [0, 0.1) is 6.92 Å². The summed E-state index contributed by atoms with van der Waals surface area (Å²) in [5.41, 5.74) is 4.19. The molecule has 136 valence electrons. The number of benzene rings is 2. The maximum Gasteiger partial charge on any atom is 0.224 e. The molecule has 0 bridgehead atoms. The van der Waals surface area contributed by atoms with Gasteiger partial charge >= 0.3 is 0 Å². The zero-order valence-electron chi connectivity index (χ0n) is 15.3. The van der Waals surface area contributed by atoms with Crippen molar-refractivity contribution < 1.29 is 4.79 Å². The van der Waals surface area contributed by atoms with Crippen LogP contribution >= 0.6 is 0 Å². The van der Waals surface area contributed by atoms with Gasteiger partial charge in [0.2, 0.25) is 5.91 Å². The molecule has 2 heterocycles. The Kier molecular flexibility index (Phi) is 4.75. The molecule has 4 aromatic rings. The standard InChI is InChI=1S/C22H22N4O/c1-17-24-20-6-2-3-7-21(20)26(17)15-12-23-22(27)16-18-8-10-19(11-9-18)25-13-4-5-14-25/h2-11,13-14H,12,15-16H2,1H3,(H,23,27). The number of aromatic nitrogens is 3. The van der Waals surface area contributed by atoms with Gasteiger partial charge in [-0.2, -0.15) is 0 Å².